The summed E-state index contributed by atoms with van der Waals surface area (Å²) in [5.41, 5.74) is 2.72. The fourth-order valence-corrected chi connectivity index (χ4v) is 3.62. The van der Waals surface area contributed by atoms with Gasteiger partial charge in [0.05, 0.1) is 5.52 Å². The van der Waals surface area contributed by atoms with Crippen LogP contribution in [-0.2, 0) is 0 Å². The maximum absolute atomic E-state index is 13.0. The molecule has 5 nitrogen and oxygen atoms in total. The van der Waals surface area contributed by atoms with E-state index in [-0.39, 0.29) is 17.5 Å². The van der Waals surface area contributed by atoms with E-state index in [9.17, 15) is 14.4 Å². The molecule has 1 amide bonds. The summed E-state index contributed by atoms with van der Waals surface area (Å²) >= 11 is 0. The highest BCUT2D eigenvalue weighted by Gasteiger charge is 2.39. The third kappa shape index (κ3) is 2.51. The van der Waals surface area contributed by atoms with Gasteiger partial charge in [-0.25, -0.2) is 0 Å². The van der Waals surface area contributed by atoms with E-state index < -0.39 is 6.17 Å². The molecule has 5 heteroatoms. The van der Waals surface area contributed by atoms with Crippen molar-refractivity contribution in [3.8, 4) is 0 Å². The summed E-state index contributed by atoms with van der Waals surface area (Å²) in [5, 5.41) is 0.949. The van der Waals surface area contributed by atoms with Crippen molar-refractivity contribution < 1.29 is 14.4 Å². The predicted molar refractivity (Wildman–Crippen MR) is 103 cm³/mol. The van der Waals surface area contributed by atoms with Crippen LogP contribution in [-0.4, -0.2) is 34.0 Å². The molecule has 0 bridgehead atoms. The van der Waals surface area contributed by atoms with Gasteiger partial charge >= 0.3 is 0 Å². The first-order valence-electron chi connectivity index (χ1n) is 8.62. The summed E-state index contributed by atoms with van der Waals surface area (Å²) in [6.07, 6.45) is -0.576. The number of para-hydroxylation sites is 1. The molecule has 1 aliphatic heterocycles. The number of nitrogens with zero attached hydrogens (tertiary/aromatic N) is 2. The molecule has 0 N–H and O–H groups in total. The molecule has 0 saturated heterocycles. The summed E-state index contributed by atoms with van der Waals surface area (Å²) in [7, 11) is 1.67. The van der Waals surface area contributed by atoms with Gasteiger partial charge in [0, 0.05) is 29.1 Å². The van der Waals surface area contributed by atoms with E-state index in [2.05, 4.69) is 6.58 Å². The number of ketones is 2. The molecule has 1 aromatic heterocycles. The minimum Gasteiger partial charge on any atom is -0.315 e. The highest BCUT2D eigenvalue weighted by molar-refractivity contribution is 6.11. The molecule has 1 aliphatic rings. The summed E-state index contributed by atoms with van der Waals surface area (Å²) in [4.78, 5) is 38.6. The lowest BCUT2D eigenvalue weighted by Crippen LogP contribution is -2.29. The maximum atomic E-state index is 13.0. The monoisotopic (exact) mass is 358 g/mol. The fraction of sp³-hybridized carbons (Fsp3) is 0.136. The average Bonchev–Trinajstić information content (AvgIpc) is 3.16. The van der Waals surface area contributed by atoms with Crippen LogP contribution in [0.4, 0.5) is 0 Å². The normalized spacial score (nSPS) is 15.9. The Morgan fingerprint density at radius 2 is 1.63 bits per heavy atom. The minimum absolute atomic E-state index is 0.0580. The van der Waals surface area contributed by atoms with E-state index >= 15 is 0 Å². The molecule has 4 rings (SSSR count). The van der Waals surface area contributed by atoms with Gasteiger partial charge in [0.1, 0.15) is 11.9 Å². The van der Waals surface area contributed by atoms with Gasteiger partial charge in [-0.2, -0.15) is 0 Å². The first kappa shape index (κ1) is 17.0. The second-order valence-electron chi connectivity index (χ2n) is 6.74. The zero-order valence-electron chi connectivity index (χ0n) is 15.1. The molecule has 2 heterocycles. The molecule has 3 aromatic rings. The van der Waals surface area contributed by atoms with Crippen molar-refractivity contribution in [1.82, 2.24) is 9.47 Å². The minimum atomic E-state index is -0.576. The zero-order valence-corrected chi connectivity index (χ0v) is 15.1. The molecule has 1 atom stereocenters. The first-order chi connectivity index (χ1) is 12.9. The smallest absolute Gasteiger partial charge is 0.272 e. The topological polar surface area (TPSA) is 59.4 Å². The second-order valence-corrected chi connectivity index (χ2v) is 6.74. The first-order valence-corrected chi connectivity index (χ1v) is 8.62. The van der Waals surface area contributed by atoms with Crippen LogP contribution in [0.15, 0.2) is 66.7 Å². The Balaban J connectivity index is 1.75. The number of fused-ring (bicyclic) bond motifs is 3. The lowest BCUT2D eigenvalue weighted by Gasteiger charge is -2.24. The molecule has 0 spiro atoms. The summed E-state index contributed by atoms with van der Waals surface area (Å²) < 4.78 is 1.86. The van der Waals surface area contributed by atoms with E-state index in [4.69, 9.17) is 0 Å². The Kier molecular flexibility index (Phi) is 3.81. The number of hydrogen-bond acceptors (Lipinski definition) is 3. The van der Waals surface area contributed by atoms with Crippen LogP contribution in [0.5, 0.6) is 0 Å². The Morgan fingerprint density at radius 3 is 2.30 bits per heavy atom. The molecule has 2 aromatic carbocycles. The number of carbonyl (C=O) groups is 3. The summed E-state index contributed by atoms with van der Waals surface area (Å²) in [5.74, 6) is -0.449. The van der Waals surface area contributed by atoms with Crippen LogP contribution in [0.3, 0.4) is 0 Å². The van der Waals surface area contributed by atoms with Crippen LogP contribution in [0.1, 0.15) is 44.3 Å². The van der Waals surface area contributed by atoms with Gasteiger partial charge in [0.15, 0.2) is 11.6 Å². The van der Waals surface area contributed by atoms with Gasteiger partial charge in [0.25, 0.3) is 5.91 Å². The summed E-state index contributed by atoms with van der Waals surface area (Å²) in [6.45, 7) is 5.49. The number of hydrogen-bond donors (Lipinski definition) is 0. The van der Waals surface area contributed by atoms with E-state index in [0.717, 1.165) is 10.9 Å². The van der Waals surface area contributed by atoms with Crippen molar-refractivity contribution in [3.05, 3.63) is 83.6 Å². The van der Waals surface area contributed by atoms with Gasteiger partial charge in [-0.15, -0.1) is 0 Å². The lowest BCUT2D eigenvalue weighted by atomic mass is 10.00. The zero-order chi connectivity index (χ0) is 19.3. The molecule has 27 heavy (non-hydrogen) atoms. The van der Waals surface area contributed by atoms with Gasteiger partial charge in [-0.1, -0.05) is 49.0 Å². The Bertz CT molecular complexity index is 1120. The molecule has 0 saturated carbocycles. The molecule has 0 radical (unpaired) electrons. The van der Waals surface area contributed by atoms with Gasteiger partial charge in [-0.3, -0.25) is 14.4 Å². The maximum Gasteiger partial charge on any atom is 0.272 e. The standard InChI is InChI=1S/C22H18N2O3/c1-13(20(26)16-10-8-15(9-11-16)14(2)25)21-23(3)22(27)19-12-17-6-4-5-7-18(17)24(19)21/h4-12,21H,1H2,2-3H3. The van der Waals surface area contributed by atoms with Crippen molar-refractivity contribution in [1.29, 1.82) is 0 Å². The van der Waals surface area contributed by atoms with E-state index in [0.29, 0.717) is 22.4 Å². The second kappa shape index (κ2) is 6.06. The van der Waals surface area contributed by atoms with Crippen molar-refractivity contribution >= 4 is 28.4 Å². The number of carbonyl (C=O) groups excluding carboxylic acids is 3. The summed E-state index contributed by atoms with van der Waals surface area (Å²) in [6, 6.07) is 16.0. The largest absolute Gasteiger partial charge is 0.315 e. The van der Waals surface area contributed by atoms with Crippen LogP contribution in [0.2, 0.25) is 0 Å². The van der Waals surface area contributed by atoms with Crippen molar-refractivity contribution in [3.63, 3.8) is 0 Å². The predicted octanol–water partition coefficient (Wildman–Crippen LogP) is 3.87. The quantitative estimate of drug-likeness (QED) is 0.525. The van der Waals surface area contributed by atoms with Crippen molar-refractivity contribution in [2.24, 2.45) is 0 Å². The third-order valence-corrected chi connectivity index (χ3v) is 5.06. The SMILES string of the molecule is C=C(C(=O)c1ccc(C(C)=O)cc1)C1N(C)C(=O)c2cc3ccccc3n21. The lowest BCUT2D eigenvalue weighted by molar-refractivity contribution is 0.0771. The third-order valence-electron chi connectivity index (χ3n) is 5.06. The molecular formula is C22H18N2O3. The Labute approximate surface area is 156 Å². The van der Waals surface area contributed by atoms with E-state index in [1.165, 1.54) is 11.8 Å². The Morgan fingerprint density at radius 1 is 1.00 bits per heavy atom. The van der Waals surface area contributed by atoms with Gasteiger partial charge in [-0.05, 0) is 19.1 Å². The number of rotatable bonds is 4. The van der Waals surface area contributed by atoms with Crippen LogP contribution >= 0.6 is 0 Å². The molecule has 1 unspecified atom stereocenters. The Hall–Kier alpha value is -3.47. The van der Waals surface area contributed by atoms with E-state index in [1.807, 2.05) is 34.9 Å². The highest BCUT2D eigenvalue weighted by atomic mass is 16.2. The van der Waals surface area contributed by atoms with Crippen LogP contribution in [0, 0.1) is 0 Å². The number of benzene rings is 2. The van der Waals surface area contributed by atoms with Gasteiger partial charge < -0.3 is 9.47 Å². The number of aromatic nitrogens is 1. The number of amides is 1. The molecular weight excluding hydrogens is 340 g/mol. The van der Waals surface area contributed by atoms with Crippen LogP contribution < -0.4 is 0 Å². The number of Topliss-reactive ketones (excluding diaryl/α,β-unsaturated/α-hetero) is 2. The van der Waals surface area contributed by atoms with Gasteiger partial charge in [0.2, 0.25) is 0 Å². The molecule has 0 aliphatic carbocycles. The fourth-order valence-electron chi connectivity index (χ4n) is 3.62. The number of likely N-dealkylation sites (N-methyl/N-ethyl adjacent to an activating group) is 1. The average molecular weight is 358 g/mol. The van der Waals surface area contributed by atoms with Crippen LogP contribution in [0.25, 0.3) is 10.9 Å². The molecule has 0 fully saturated rings. The van der Waals surface area contributed by atoms with Crippen molar-refractivity contribution in [2.75, 3.05) is 7.05 Å². The van der Waals surface area contributed by atoms with E-state index in [1.54, 1.807) is 31.3 Å². The highest BCUT2D eigenvalue weighted by Crippen LogP contribution is 2.37. The molecule has 134 valence electrons. The van der Waals surface area contributed by atoms with Crippen molar-refractivity contribution in [2.45, 2.75) is 13.1 Å².